The molecule has 1 aromatic carbocycles. The molecule has 2 amide bonds. The molecule has 0 atom stereocenters. The van der Waals surface area contributed by atoms with Crippen LogP contribution in [-0.2, 0) is 16.1 Å². The summed E-state index contributed by atoms with van der Waals surface area (Å²) in [6, 6.07) is 9.33. The SMILES string of the molecule is COc1ccc(CNC(=O)C(=O)NCC2CCN(c3nccnc3C#N)CC2)cc1. The lowest BCUT2D eigenvalue weighted by Gasteiger charge is -2.32. The van der Waals surface area contributed by atoms with E-state index in [1.165, 1.54) is 6.20 Å². The molecule has 1 saturated heterocycles. The molecule has 156 valence electrons. The lowest BCUT2D eigenvalue weighted by atomic mass is 9.96. The smallest absolute Gasteiger partial charge is 0.309 e. The maximum absolute atomic E-state index is 12.1. The molecule has 1 aromatic heterocycles. The van der Waals surface area contributed by atoms with Crippen LogP contribution >= 0.6 is 0 Å². The van der Waals surface area contributed by atoms with Crippen molar-refractivity contribution in [1.82, 2.24) is 20.6 Å². The average molecular weight is 408 g/mol. The van der Waals surface area contributed by atoms with Gasteiger partial charge >= 0.3 is 11.8 Å². The third kappa shape index (κ3) is 5.44. The predicted octanol–water partition coefficient (Wildman–Crippen LogP) is 1.01. The van der Waals surface area contributed by atoms with Crippen LogP contribution in [0.15, 0.2) is 36.7 Å². The number of methoxy groups -OCH3 is 1. The summed E-state index contributed by atoms with van der Waals surface area (Å²) in [5.74, 6) is 0.312. The molecule has 2 heterocycles. The Morgan fingerprint density at radius 3 is 2.47 bits per heavy atom. The fraction of sp³-hybridized carbons (Fsp3) is 0.381. The highest BCUT2D eigenvalue weighted by atomic mass is 16.5. The van der Waals surface area contributed by atoms with Crippen LogP contribution in [0.5, 0.6) is 5.75 Å². The van der Waals surface area contributed by atoms with Crippen molar-refractivity contribution in [3.63, 3.8) is 0 Å². The summed E-state index contributed by atoms with van der Waals surface area (Å²) in [4.78, 5) is 34.4. The highest BCUT2D eigenvalue weighted by Crippen LogP contribution is 2.22. The second-order valence-electron chi connectivity index (χ2n) is 7.01. The molecule has 9 nitrogen and oxygen atoms in total. The number of amides is 2. The first-order valence-corrected chi connectivity index (χ1v) is 9.75. The second-order valence-corrected chi connectivity index (χ2v) is 7.01. The Balaban J connectivity index is 1.39. The van der Waals surface area contributed by atoms with E-state index < -0.39 is 11.8 Å². The minimum Gasteiger partial charge on any atom is -0.497 e. The molecule has 0 aliphatic carbocycles. The van der Waals surface area contributed by atoms with Gasteiger partial charge in [0.1, 0.15) is 11.8 Å². The number of ether oxygens (including phenoxy) is 1. The summed E-state index contributed by atoms with van der Waals surface area (Å²) in [7, 11) is 1.59. The highest BCUT2D eigenvalue weighted by molar-refractivity contribution is 6.35. The molecule has 0 unspecified atom stereocenters. The van der Waals surface area contributed by atoms with Gasteiger partial charge in [-0.1, -0.05) is 12.1 Å². The van der Waals surface area contributed by atoms with E-state index in [1.807, 2.05) is 17.0 Å². The van der Waals surface area contributed by atoms with Gasteiger partial charge in [0.15, 0.2) is 11.5 Å². The molecule has 2 aromatic rings. The topological polar surface area (TPSA) is 120 Å². The quantitative estimate of drug-likeness (QED) is 0.684. The summed E-state index contributed by atoms with van der Waals surface area (Å²) < 4.78 is 5.09. The van der Waals surface area contributed by atoms with Crippen molar-refractivity contribution >= 4 is 17.6 Å². The summed E-state index contributed by atoms with van der Waals surface area (Å²) >= 11 is 0. The molecular weight excluding hydrogens is 384 g/mol. The fourth-order valence-corrected chi connectivity index (χ4v) is 3.31. The van der Waals surface area contributed by atoms with Crippen LogP contribution in [0, 0.1) is 17.2 Å². The van der Waals surface area contributed by atoms with Crippen LogP contribution in [0.25, 0.3) is 0 Å². The monoisotopic (exact) mass is 408 g/mol. The van der Waals surface area contributed by atoms with Gasteiger partial charge in [0.2, 0.25) is 0 Å². The van der Waals surface area contributed by atoms with Gasteiger partial charge in [0.05, 0.1) is 7.11 Å². The predicted molar refractivity (Wildman–Crippen MR) is 110 cm³/mol. The number of anilines is 1. The van der Waals surface area contributed by atoms with Crippen LogP contribution < -0.4 is 20.3 Å². The number of hydrogen-bond donors (Lipinski definition) is 2. The Kier molecular flexibility index (Phi) is 7.16. The summed E-state index contributed by atoms with van der Waals surface area (Å²) in [5, 5.41) is 14.5. The number of nitrogens with one attached hydrogen (secondary N) is 2. The molecule has 2 N–H and O–H groups in total. The first kappa shape index (κ1) is 21.0. The molecular formula is C21H24N6O3. The lowest BCUT2D eigenvalue weighted by Crippen LogP contribution is -2.44. The number of piperidine rings is 1. The van der Waals surface area contributed by atoms with E-state index in [1.54, 1.807) is 25.4 Å². The fourth-order valence-electron chi connectivity index (χ4n) is 3.31. The summed E-state index contributed by atoms with van der Waals surface area (Å²) in [5.41, 5.74) is 1.20. The third-order valence-electron chi connectivity index (χ3n) is 5.07. The first-order valence-electron chi connectivity index (χ1n) is 9.75. The maximum atomic E-state index is 12.1. The van der Waals surface area contributed by atoms with Crippen molar-refractivity contribution < 1.29 is 14.3 Å². The van der Waals surface area contributed by atoms with Crippen molar-refractivity contribution in [2.45, 2.75) is 19.4 Å². The highest BCUT2D eigenvalue weighted by Gasteiger charge is 2.23. The van der Waals surface area contributed by atoms with Gasteiger partial charge < -0.3 is 20.3 Å². The number of benzene rings is 1. The van der Waals surface area contributed by atoms with Gasteiger partial charge in [-0.25, -0.2) is 9.97 Å². The summed E-state index contributed by atoms with van der Waals surface area (Å²) in [6.45, 7) is 2.15. The van der Waals surface area contributed by atoms with Crippen molar-refractivity contribution in [1.29, 1.82) is 5.26 Å². The van der Waals surface area contributed by atoms with E-state index in [-0.39, 0.29) is 12.5 Å². The Bertz CT molecular complexity index is 917. The number of hydrogen-bond acceptors (Lipinski definition) is 7. The van der Waals surface area contributed by atoms with E-state index in [4.69, 9.17) is 10.00 Å². The lowest BCUT2D eigenvalue weighted by molar-refractivity contribution is -0.139. The Morgan fingerprint density at radius 1 is 1.13 bits per heavy atom. The van der Waals surface area contributed by atoms with E-state index in [0.717, 1.165) is 37.2 Å². The normalized spacial score (nSPS) is 13.9. The van der Waals surface area contributed by atoms with Crippen LogP contribution in [0.2, 0.25) is 0 Å². The Hall–Kier alpha value is -3.67. The third-order valence-corrected chi connectivity index (χ3v) is 5.07. The van der Waals surface area contributed by atoms with Crippen molar-refractivity contribution in [3.05, 3.63) is 47.9 Å². The van der Waals surface area contributed by atoms with E-state index in [2.05, 4.69) is 26.7 Å². The zero-order valence-electron chi connectivity index (χ0n) is 16.8. The zero-order chi connectivity index (χ0) is 21.3. The van der Waals surface area contributed by atoms with E-state index >= 15 is 0 Å². The minimum atomic E-state index is -0.651. The van der Waals surface area contributed by atoms with E-state index in [9.17, 15) is 9.59 Å². The second kappa shape index (κ2) is 10.2. The number of carbonyl (C=O) groups is 2. The molecule has 30 heavy (non-hydrogen) atoms. The Labute approximate surface area is 175 Å². The van der Waals surface area contributed by atoms with Crippen molar-refractivity contribution in [3.8, 4) is 11.8 Å². The maximum Gasteiger partial charge on any atom is 0.309 e. The number of carbonyl (C=O) groups excluding carboxylic acids is 2. The molecule has 0 spiro atoms. The van der Waals surface area contributed by atoms with Crippen LogP contribution in [0.4, 0.5) is 5.82 Å². The van der Waals surface area contributed by atoms with Crippen molar-refractivity contribution in [2.24, 2.45) is 5.92 Å². The van der Waals surface area contributed by atoms with Gasteiger partial charge in [-0.2, -0.15) is 5.26 Å². The van der Waals surface area contributed by atoms with Gasteiger partial charge in [-0.3, -0.25) is 9.59 Å². The first-order chi connectivity index (χ1) is 14.6. The molecule has 0 radical (unpaired) electrons. The van der Waals surface area contributed by atoms with Gasteiger partial charge in [0.25, 0.3) is 0 Å². The molecule has 1 aliphatic rings. The number of rotatable bonds is 6. The molecule has 1 aliphatic heterocycles. The van der Waals surface area contributed by atoms with E-state index in [0.29, 0.717) is 18.1 Å². The molecule has 3 rings (SSSR count). The van der Waals surface area contributed by atoms with Gasteiger partial charge in [-0.15, -0.1) is 0 Å². The molecule has 1 fully saturated rings. The van der Waals surface area contributed by atoms with Crippen LogP contribution in [0.3, 0.4) is 0 Å². The minimum absolute atomic E-state index is 0.266. The standard InChI is InChI=1S/C21H24N6O3/c1-30-17-4-2-15(3-5-17)13-25-20(28)21(29)26-14-16-6-10-27(11-7-16)19-18(12-22)23-8-9-24-19/h2-5,8-9,16H,6-7,10-11,13-14H2,1H3,(H,25,28)(H,26,29). The number of aromatic nitrogens is 2. The van der Waals surface area contributed by atoms with Gasteiger partial charge in [-0.05, 0) is 36.5 Å². The number of nitrogens with zero attached hydrogens (tertiary/aromatic N) is 4. The largest absolute Gasteiger partial charge is 0.497 e. The van der Waals surface area contributed by atoms with Crippen LogP contribution in [0.1, 0.15) is 24.1 Å². The van der Waals surface area contributed by atoms with Crippen LogP contribution in [-0.4, -0.2) is 48.5 Å². The molecule has 9 heteroatoms. The molecule has 0 bridgehead atoms. The van der Waals surface area contributed by atoms with Gasteiger partial charge in [0, 0.05) is 38.6 Å². The number of nitriles is 1. The summed E-state index contributed by atoms with van der Waals surface area (Å²) in [6.07, 6.45) is 4.74. The average Bonchev–Trinajstić information content (AvgIpc) is 2.81. The Morgan fingerprint density at radius 2 is 1.80 bits per heavy atom. The molecule has 0 saturated carbocycles. The zero-order valence-corrected chi connectivity index (χ0v) is 16.8. The van der Waals surface area contributed by atoms with Crippen molar-refractivity contribution in [2.75, 3.05) is 31.6 Å².